The summed E-state index contributed by atoms with van der Waals surface area (Å²) in [7, 11) is 1.86. The number of ketones is 1. The van der Waals surface area contributed by atoms with Crippen LogP contribution in [0.25, 0.3) is 0 Å². The van der Waals surface area contributed by atoms with Gasteiger partial charge in [0.25, 0.3) is 0 Å². The maximum absolute atomic E-state index is 12.0. The minimum Gasteiger partial charge on any atom is -0.299 e. The first-order valence-corrected chi connectivity index (χ1v) is 6.97. The van der Waals surface area contributed by atoms with E-state index < -0.39 is 0 Å². The molecule has 4 nitrogen and oxygen atoms in total. The van der Waals surface area contributed by atoms with Gasteiger partial charge in [0.05, 0.1) is 15.9 Å². The average molecular weight is 322 g/mol. The Balaban J connectivity index is 1.95. The van der Waals surface area contributed by atoms with Crippen LogP contribution in [0, 0.1) is 6.92 Å². The van der Waals surface area contributed by atoms with E-state index in [0.717, 1.165) is 21.6 Å². The Labute approximate surface area is 121 Å². The molecule has 100 valence electrons. The van der Waals surface area contributed by atoms with E-state index in [2.05, 4.69) is 26.0 Å². The van der Waals surface area contributed by atoms with Crippen molar-refractivity contribution < 1.29 is 4.79 Å². The van der Waals surface area contributed by atoms with E-state index in [4.69, 9.17) is 0 Å². The number of nitrogens with zero attached hydrogens (tertiary/aromatic N) is 3. The van der Waals surface area contributed by atoms with Gasteiger partial charge >= 0.3 is 0 Å². The van der Waals surface area contributed by atoms with Gasteiger partial charge in [-0.05, 0) is 41.4 Å². The lowest BCUT2D eigenvalue weighted by atomic mass is 10.1. The van der Waals surface area contributed by atoms with E-state index in [1.165, 1.54) is 0 Å². The Kier molecular flexibility index (Phi) is 4.47. The van der Waals surface area contributed by atoms with Crippen LogP contribution in [-0.4, -0.2) is 20.5 Å². The van der Waals surface area contributed by atoms with Crippen LogP contribution in [-0.2, 0) is 24.7 Å². The molecule has 0 saturated carbocycles. The Bertz CT molecular complexity index is 578. The fourth-order valence-electron chi connectivity index (χ4n) is 1.96. The first-order chi connectivity index (χ1) is 9.08. The number of carbonyl (C=O) groups excluding carboxylic acids is 1. The molecule has 0 amide bonds. The van der Waals surface area contributed by atoms with Crippen molar-refractivity contribution in [2.45, 2.75) is 26.2 Å². The van der Waals surface area contributed by atoms with Gasteiger partial charge in [0.1, 0.15) is 5.78 Å². The van der Waals surface area contributed by atoms with Crippen LogP contribution in [0.15, 0.2) is 28.9 Å². The van der Waals surface area contributed by atoms with Crippen molar-refractivity contribution in [1.82, 2.24) is 14.8 Å². The molecule has 0 spiro atoms. The normalized spacial score (nSPS) is 10.7. The molecule has 0 aliphatic carbocycles. The summed E-state index contributed by atoms with van der Waals surface area (Å²) in [5, 5.41) is 4.29. The molecule has 2 aromatic heterocycles. The predicted octanol–water partition coefficient (Wildman–Crippen LogP) is 2.63. The summed E-state index contributed by atoms with van der Waals surface area (Å²) < 4.78 is 2.69. The van der Waals surface area contributed by atoms with Gasteiger partial charge in [-0.3, -0.25) is 14.5 Å². The Morgan fingerprint density at radius 1 is 1.42 bits per heavy atom. The quantitative estimate of drug-likeness (QED) is 0.850. The minimum atomic E-state index is 0.203. The fourth-order valence-corrected chi connectivity index (χ4v) is 2.44. The van der Waals surface area contributed by atoms with E-state index >= 15 is 0 Å². The third-order valence-electron chi connectivity index (χ3n) is 3.01. The lowest BCUT2D eigenvalue weighted by Crippen LogP contribution is -2.09. The summed E-state index contributed by atoms with van der Waals surface area (Å²) in [6.45, 7) is 1.92. The van der Waals surface area contributed by atoms with Crippen molar-refractivity contribution in [3.05, 3.63) is 46.0 Å². The minimum absolute atomic E-state index is 0.203. The molecular weight excluding hydrogens is 306 g/mol. The van der Waals surface area contributed by atoms with Gasteiger partial charge in [-0.2, -0.15) is 5.10 Å². The highest BCUT2D eigenvalue weighted by Gasteiger charge is 2.14. The van der Waals surface area contributed by atoms with Gasteiger partial charge < -0.3 is 0 Å². The lowest BCUT2D eigenvalue weighted by molar-refractivity contribution is -0.118. The van der Waals surface area contributed by atoms with Crippen LogP contribution in [0.4, 0.5) is 0 Å². The second-order valence-corrected chi connectivity index (χ2v) is 5.30. The van der Waals surface area contributed by atoms with Gasteiger partial charge in [0.2, 0.25) is 0 Å². The zero-order chi connectivity index (χ0) is 13.8. The molecule has 0 aliphatic heterocycles. The number of carbonyl (C=O) groups is 1. The van der Waals surface area contributed by atoms with Gasteiger partial charge in [0.15, 0.2) is 0 Å². The number of hydrogen-bond donors (Lipinski definition) is 0. The van der Waals surface area contributed by atoms with Crippen molar-refractivity contribution >= 4 is 21.7 Å². The first-order valence-electron chi connectivity index (χ1n) is 6.17. The topological polar surface area (TPSA) is 47.8 Å². The number of pyridine rings is 1. The Morgan fingerprint density at radius 3 is 2.79 bits per heavy atom. The van der Waals surface area contributed by atoms with E-state index in [1.54, 1.807) is 10.9 Å². The second kappa shape index (κ2) is 6.10. The first kappa shape index (κ1) is 13.9. The molecule has 2 rings (SSSR count). The predicted molar refractivity (Wildman–Crippen MR) is 76.9 cm³/mol. The largest absolute Gasteiger partial charge is 0.299 e. The van der Waals surface area contributed by atoms with Crippen LogP contribution in [0.1, 0.15) is 23.5 Å². The maximum atomic E-state index is 12.0. The van der Waals surface area contributed by atoms with Crippen LogP contribution < -0.4 is 0 Å². The zero-order valence-electron chi connectivity index (χ0n) is 11.1. The van der Waals surface area contributed by atoms with E-state index in [1.807, 2.05) is 32.2 Å². The Hall–Kier alpha value is -1.49. The van der Waals surface area contributed by atoms with Crippen molar-refractivity contribution in [1.29, 1.82) is 0 Å². The molecule has 0 aliphatic rings. The van der Waals surface area contributed by atoms with E-state index in [-0.39, 0.29) is 5.78 Å². The van der Waals surface area contributed by atoms with Gasteiger partial charge in [0, 0.05) is 31.8 Å². The molecule has 0 saturated heterocycles. The van der Waals surface area contributed by atoms with E-state index in [0.29, 0.717) is 19.3 Å². The SMILES string of the molecule is Cc1nn(C)c(CC(=O)CCc2ccccn2)c1Br. The molecule has 2 heterocycles. The summed E-state index contributed by atoms with van der Waals surface area (Å²) in [5.41, 5.74) is 2.80. The van der Waals surface area contributed by atoms with Gasteiger partial charge in [-0.1, -0.05) is 6.07 Å². The molecule has 19 heavy (non-hydrogen) atoms. The van der Waals surface area contributed by atoms with Crippen molar-refractivity contribution in [3.8, 4) is 0 Å². The Morgan fingerprint density at radius 2 is 2.21 bits per heavy atom. The summed E-state index contributed by atoms with van der Waals surface area (Å²) in [5.74, 6) is 0.203. The number of rotatable bonds is 5. The number of halogens is 1. The smallest absolute Gasteiger partial charge is 0.139 e. The summed E-state index contributed by atoms with van der Waals surface area (Å²) in [6.07, 6.45) is 3.35. The van der Waals surface area contributed by atoms with Crippen LogP contribution in [0.5, 0.6) is 0 Å². The van der Waals surface area contributed by atoms with Crippen LogP contribution >= 0.6 is 15.9 Å². The lowest BCUT2D eigenvalue weighted by Gasteiger charge is -2.03. The molecule has 0 N–H and O–H groups in total. The molecule has 0 radical (unpaired) electrons. The fraction of sp³-hybridized carbons (Fsp3) is 0.357. The van der Waals surface area contributed by atoms with E-state index in [9.17, 15) is 4.79 Å². The standard InChI is InChI=1S/C14H16BrN3O/c1-10-14(15)13(18(2)17-10)9-12(19)7-6-11-5-3-4-8-16-11/h3-5,8H,6-7,9H2,1-2H3. The maximum Gasteiger partial charge on any atom is 0.139 e. The molecule has 0 fully saturated rings. The highest BCUT2D eigenvalue weighted by Crippen LogP contribution is 2.21. The van der Waals surface area contributed by atoms with Gasteiger partial charge in [-0.15, -0.1) is 0 Å². The molecule has 0 aromatic carbocycles. The molecule has 0 bridgehead atoms. The monoisotopic (exact) mass is 321 g/mol. The van der Waals surface area contributed by atoms with Crippen LogP contribution in [0.3, 0.4) is 0 Å². The molecule has 0 unspecified atom stereocenters. The van der Waals surface area contributed by atoms with Crippen molar-refractivity contribution in [2.24, 2.45) is 7.05 Å². The second-order valence-electron chi connectivity index (χ2n) is 4.51. The average Bonchev–Trinajstić information content (AvgIpc) is 2.64. The highest BCUT2D eigenvalue weighted by atomic mass is 79.9. The van der Waals surface area contributed by atoms with Crippen LogP contribution in [0.2, 0.25) is 0 Å². The summed E-state index contributed by atoms with van der Waals surface area (Å²) in [6, 6.07) is 5.76. The number of Topliss-reactive ketones (excluding diaryl/α,β-unsaturated/α-hetero) is 1. The number of aromatic nitrogens is 3. The van der Waals surface area contributed by atoms with Crippen molar-refractivity contribution in [3.63, 3.8) is 0 Å². The van der Waals surface area contributed by atoms with Crippen molar-refractivity contribution in [2.75, 3.05) is 0 Å². The third kappa shape index (κ3) is 3.50. The molecule has 2 aromatic rings. The molecular formula is C14H16BrN3O. The van der Waals surface area contributed by atoms with Gasteiger partial charge in [-0.25, -0.2) is 0 Å². The zero-order valence-corrected chi connectivity index (χ0v) is 12.6. The number of aryl methyl sites for hydroxylation is 3. The summed E-state index contributed by atoms with van der Waals surface area (Å²) >= 11 is 3.48. The molecule has 0 atom stereocenters. The third-order valence-corrected chi connectivity index (χ3v) is 4.04. The molecule has 5 heteroatoms. The highest BCUT2D eigenvalue weighted by molar-refractivity contribution is 9.10. The number of hydrogen-bond acceptors (Lipinski definition) is 3. The summed E-state index contributed by atoms with van der Waals surface area (Å²) in [4.78, 5) is 16.2.